The first-order valence-corrected chi connectivity index (χ1v) is 10.2. The molecular weight excluding hydrogens is 372 g/mol. The van der Waals surface area contributed by atoms with E-state index >= 15 is 0 Å². The van der Waals surface area contributed by atoms with Crippen molar-refractivity contribution in [1.29, 1.82) is 0 Å². The third kappa shape index (κ3) is 5.85. The molecule has 1 N–H and O–H groups in total. The molecule has 0 bridgehead atoms. The number of thioether (sulfide) groups is 1. The molecule has 2 aromatic carbocycles. The molecule has 0 spiro atoms. The Kier molecular flexibility index (Phi) is 7.08. The second kappa shape index (κ2) is 9.94. The van der Waals surface area contributed by atoms with Crippen LogP contribution in [0.5, 0.6) is 5.75 Å². The van der Waals surface area contributed by atoms with Gasteiger partial charge in [0.1, 0.15) is 12.1 Å². The first-order chi connectivity index (χ1) is 13.6. The zero-order chi connectivity index (χ0) is 19.8. The SMILES string of the molecule is Cc1ccc(-n2cnnc2SCC(=O)NCCCOc2cccc(C)c2)cc1. The maximum Gasteiger partial charge on any atom is 0.230 e. The summed E-state index contributed by atoms with van der Waals surface area (Å²) < 4.78 is 7.56. The third-order valence-corrected chi connectivity index (χ3v) is 5.01. The van der Waals surface area contributed by atoms with Crippen molar-refractivity contribution >= 4 is 17.7 Å². The predicted octanol–water partition coefficient (Wildman–Crippen LogP) is 3.56. The quantitative estimate of drug-likeness (QED) is 0.442. The Balaban J connectivity index is 1.38. The van der Waals surface area contributed by atoms with Gasteiger partial charge in [0.25, 0.3) is 0 Å². The third-order valence-electron chi connectivity index (χ3n) is 4.06. The normalized spacial score (nSPS) is 10.6. The number of rotatable bonds is 9. The fourth-order valence-corrected chi connectivity index (χ4v) is 3.34. The van der Waals surface area contributed by atoms with Crippen molar-refractivity contribution in [1.82, 2.24) is 20.1 Å². The summed E-state index contributed by atoms with van der Waals surface area (Å²) in [5.41, 5.74) is 3.34. The van der Waals surface area contributed by atoms with E-state index < -0.39 is 0 Å². The lowest BCUT2D eigenvalue weighted by atomic mass is 10.2. The summed E-state index contributed by atoms with van der Waals surface area (Å²) in [7, 11) is 0. The van der Waals surface area contributed by atoms with Gasteiger partial charge in [-0.2, -0.15) is 0 Å². The van der Waals surface area contributed by atoms with Crippen LogP contribution in [0.2, 0.25) is 0 Å². The Labute approximate surface area is 169 Å². The second-order valence-corrected chi connectivity index (χ2v) is 7.42. The number of hydrogen-bond donors (Lipinski definition) is 1. The number of nitrogens with zero attached hydrogens (tertiary/aromatic N) is 3. The van der Waals surface area contributed by atoms with Gasteiger partial charge in [-0.3, -0.25) is 9.36 Å². The molecule has 3 aromatic rings. The summed E-state index contributed by atoms with van der Waals surface area (Å²) in [6.07, 6.45) is 2.41. The maximum atomic E-state index is 12.1. The van der Waals surface area contributed by atoms with E-state index in [-0.39, 0.29) is 5.91 Å². The summed E-state index contributed by atoms with van der Waals surface area (Å²) in [5, 5.41) is 11.7. The van der Waals surface area contributed by atoms with Crippen molar-refractivity contribution in [3.8, 4) is 11.4 Å². The largest absolute Gasteiger partial charge is 0.494 e. The van der Waals surface area contributed by atoms with E-state index in [0.29, 0.717) is 24.1 Å². The highest BCUT2D eigenvalue weighted by molar-refractivity contribution is 7.99. The van der Waals surface area contributed by atoms with Crippen LogP contribution in [0.25, 0.3) is 5.69 Å². The van der Waals surface area contributed by atoms with E-state index in [9.17, 15) is 4.79 Å². The molecule has 7 heteroatoms. The lowest BCUT2D eigenvalue weighted by Crippen LogP contribution is -2.27. The molecule has 3 rings (SSSR count). The molecule has 6 nitrogen and oxygen atoms in total. The highest BCUT2D eigenvalue weighted by Crippen LogP contribution is 2.19. The molecule has 0 aliphatic carbocycles. The van der Waals surface area contributed by atoms with Gasteiger partial charge in [0.15, 0.2) is 5.16 Å². The molecule has 1 aromatic heterocycles. The average molecular weight is 397 g/mol. The standard InChI is InChI=1S/C21H24N4O2S/c1-16-7-9-18(10-8-16)25-15-23-24-21(25)28-14-20(26)22-11-4-12-27-19-6-3-5-17(2)13-19/h3,5-10,13,15H,4,11-12,14H2,1-2H3,(H,22,26). The number of aromatic nitrogens is 3. The monoisotopic (exact) mass is 396 g/mol. The number of ether oxygens (including phenoxy) is 1. The molecule has 0 aliphatic rings. The first kappa shape index (κ1) is 19.9. The van der Waals surface area contributed by atoms with Crippen molar-refractivity contribution in [3.05, 3.63) is 66.0 Å². The van der Waals surface area contributed by atoms with Crippen LogP contribution in [0.4, 0.5) is 0 Å². The Morgan fingerprint density at radius 2 is 1.96 bits per heavy atom. The molecular formula is C21H24N4O2S. The highest BCUT2D eigenvalue weighted by atomic mass is 32.2. The van der Waals surface area contributed by atoms with E-state index in [4.69, 9.17) is 4.74 Å². The van der Waals surface area contributed by atoms with Crippen LogP contribution in [0.1, 0.15) is 17.5 Å². The van der Waals surface area contributed by atoms with E-state index in [1.807, 2.05) is 66.9 Å². The second-order valence-electron chi connectivity index (χ2n) is 6.48. The Bertz CT molecular complexity index is 909. The Morgan fingerprint density at radius 1 is 1.14 bits per heavy atom. The minimum Gasteiger partial charge on any atom is -0.494 e. The maximum absolute atomic E-state index is 12.1. The molecule has 0 saturated carbocycles. The average Bonchev–Trinajstić information content (AvgIpc) is 3.15. The Hall–Kier alpha value is -2.80. The number of amides is 1. The van der Waals surface area contributed by atoms with Crippen LogP contribution in [-0.2, 0) is 4.79 Å². The topological polar surface area (TPSA) is 69.0 Å². The summed E-state index contributed by atoms with van der Waals surface area (Å²) in [5.74, 6) is 1.12. The van der Waals surface area contributed by atoms with Gasteiger partial charge >= 0.3 is 0 Å². The van der Waals surface area contributed by atoms with Crippen LogP contribution < -0.4 is 10.1 Å². The van der Waals surface area contributed by atoms with E-state index in [1.54, 1.807) is 6.33 Å². The van der Waals surface area contributed by atoms with Gasteiger partial charge in [-0.05, 0) is 50.1 Å². The van der Waals surface area contributed by atoms with Gasteiger partial charge in [-0.15, -0.1) is 10.2 Å². The Morgan fingerprint density at radius 3 is 2.75 bits per heavy atom. The van der Waals surface area contributed by atoms with Crippen LogP contribution in [0.15, 0.2) is 60.0 Å². The van der Waals surface area contributed by atoms with Crippen molar-refractivity contribution in [3.63, 3.8) is 0 Å². The number of benzene rings is 2. The van der Waals surface area contributed by atoms with Crippen molar-refractivity contribution in [2.24, 2.45) is 0 Å². The number of aryl methyl sites for hydroxylation is 2. The van der Waals surface area contributed by atoms with Crippen molar-refractivity contribution in [2.75, 3.05) is 18.9 Å². The number of carbonyl (C=O) groups excluding carboxylic acids is 1. The molecule has 0 atom stereocenters. The predicted molar refractivity (Wildman–Crippen MR) is 111 cm³/mol. The van der Waals surface area contributed by atoms with Gasteiger partial charge in [0.05, 0.1) is 12.4 Å². The van der Waals surface area contributed by atoms with Gasteiger partial charge in [0.2, 0.25) is 5.91 Å². The van der Waals surface area contributed by atoms with Crippen molar-refractivity contribution in [2.45, 2.75) is 25.4 Å². The van der Waals surface area contributed by atoms with Crippen molar-refractivity contribution < 1.29 is 9.53 Å². The highest BCUT2D eigenvalue weighted by Gasteiger charge is 2.10. The molecule has 0 aliphatic heterocycles. The van der Waals surface area contributed by atoms with Crippen LogP contribution in [0, 0.1) is 13.8 Å². The first-order valence-electron chi connectivity index (χ1n) is 9.18. The smallest absolute Gasteiger partial charge is 0.230 e. The van der Waals surface area contributed by atoms with E-state index in [1.165, 1.54) is 22.9 Å². The lowest BCUT2D eigenvalue weighted by molar-refractivity contribution is -0.118. The zero-order valence-electron chi connectivity index (χ0n) is 16.1. The van der Waals surface area contributed by atoms with Gasteiger partial charge in [-0.1, -0.05) is 41.6 Å². The molecule has 1 heterocycles. The minimum absolute atomic E-state index is 0.0287. The number of nitrogens with one attached hydrogen (secondary N) is 1. The minimum atomic E-state index is -0.0287. The molecule has 28 heavy (non-hydrogen) atoms. The molecule has 0 unspecified atom stereocenters. The van der Waals surface area contributed by atoms with Gasteiger partial charge in [0, 0.05) is 12.2 Å². The van der Waals surface area contributed by atoms with Gasteiger partial charge < -0.3 is 10.1 Å². The summed E-state index contributed by atoms with van der Waals surface area (Å²) in [4.78, 5) is 12.1. The summed E-state index contributed by atoms with van der Waals surface area (Å²) in [6.45, 7) is 5.22. The van der Waals surface area contributed by atoms with Crippen LogP contribution in [-0.4, -0.2) is 39.6 Å². The van der Waals surface area contributed by atoms with Gasteiger partial charge in [-0.25, -0.2) is 0 Å². The fraction of sp³-hybridized carbons (Fsp3) is 0.286. The summed E-state index contributed by atoms with van der Waals surface area (Å²) in [6, 6.07) is 16.0. The van der Waals surface area contributed by atoms with E-state index in [2.05, 4.69) is 15.5 Å². The fourth-order valence-electron chi connectivity index (χ4n) is 2.58. The lowest BCUT2D eigenvalue weighted by Gasteiger charge is -2.08. The van der Waals surface area contributed by atoms with E-state index in [0.717, 1.165) is 17.9 Å². The number of hydrogen-bond acceptors (Lipinski definition) is 5. The molecule has 146 valence electrons. The molecule has 1 amide bonds. The summed E-state index contributed by atoms with van der Waals surface area (Å²) >= 11 is 1.37. The molecule has 0 saturated heterocycles. The zero-order valence-corrected chi connectivity index (χ0v) is 16.9. The molecule has 0 radical (unpaired) electrons. The number of carbonyl (C=O) groups is 1. The van der Waals surface area contributed by atoms with Crippen LogP contribution >= 0.6 is 11.8 Å². The van der Waals surface area contributed by atoms with Crippen LogP contribution in [0.3, 0.4) is 0 Å². The molecule has 0 fully saturated rings.